The quantitative estimate of drug-likeness (QED) is 0.689. The molecule has 3 nitrogen and oxygen atoms in total. The van der Waals surface area contributed by atoms with Gasteiger partial charge in [0.15, 0.2) is 5.58 Å². The van der Waals surface area contributed by atoms with Crippen LogP contribution in [0.4, 0.5) is 0 Å². The predicted molar refractivity (Wildman–Crippen MR) is 46.4 cm³/mol. The molecule has 2 rings (SSSR count). The summed E-state index contributed by atoms with van der Waals surface area (Å²) in [5, 5.41) is 8.54. The van der Waals surface area contributed by atoms with Gasteiger partial charge in [0.1, 0.15) is 11.6 Å². The molecule has 0 saturated heterocycles. The minimum Gasteiger partial charge on any atom is -0.443 e. The molecule has 0 spiro atoms. The zero-order valence-corrected chi connectivity index (χ0v) is 7.50. The zero-order valence-electron chi connectivity index (χ0n) is 5.91. The van der Waals surface area contributed by atoms with E-state index in [1.165, 1.54) is 0 Å². The van der Waals surface area contributed by atoms with Crippen LogP contribution in [0, 0.1) is 11.3 Å². The molecule has 0 radical (unpaired) electrons. The summed E-state index contributed by atoms with van der Waals surface area (Å²) in [7, 11) is 0. The van der Waals surface area contributed by atoms with Crippen molar-refractivity contribution in [2.24, 2.45) is 0 Å². The van der Waals surface area contributed by atoms with Gasteiger partial charge < -0.3 is 4.42 Å². The van der Waals surface area contributed by atoms with E-state index in [1.54, 1.807) is 18.3 Å². The van der Waals surface area contributed by atoms with Crippen LogP contribution in [-0.2, 0) is 0 Å². The van der Waals surface area contributed by atoms with Crippen molar-refractivity contribution in [2.45, 2.75) is 0 Å². The van der Waals surface area contributed by atoms with Gasteiger partial charge in [0.05, 0.1) is 4.47 Å². The van der Waals surface area contributed by atoms with Gasteiger partial charge in [0, 0.05) is 12.3 Å². The van der Waals surface area contributed by atoms with Crippen LogP contribution in [-0.4, -0.2) is 4.98 Å². The van der Waals surface area contributed by atoms with Crippen LogP contribution in [0.25, 0.3) is 11.1 Å². The number of hydrogen-bond acceptors (Lipinski definition) is 3. The molecule has 0 aliphatic carbocycles. The number of nitriles is 1. The van der Waals surface area contributed by atoms with Gasteiger partial charge in [0.2, 0.25) is 5.76 Å². The lowest BCUT2D eigenvalue weighted by molar-refractivity contribution is 0.597. The van der Waals surface area contributed by atoms with E-state index in [0.717, 1.165) is 4.47 Å². The summed E-state index contributed by atoms with van der Waals surface area (Å²) < 4.78 is 5.99. The van der Waals surface area contributed by atoms with Gasteiger partial charge in [-0.15, -0.1) is 0 Å². The highest BCUT2D eigenvalue weighted by molar-refractivity contribution is 9.10. The van der Waals surface area contributed by atoms with Gasteiger partial charge in [-0.3, -0.25) is 4.98 Å². The Morgan fingerprint density at radius 1 is 1.58 bits per heavy atom. The van der Waals surface area contributed by atoms with E-state index in [-0.39, 0.29) is 5.76 Å². The summed E-state index contributed by atoms with van der Waals surface area (Å²) in [6.07, 6.45) is 1.66. The third-order valence-corrected chi connectivity index (χ3v) is 2.10. The van der Waals surface area contributed by atoms with Crippen LogP contribution >= 0.6 is 15.9 Å². The standard InChI is InChI=1S/C8H3BrN2O/c9-6-1-2-11-7-3-5(4-10)12-8(6)7/h1-3H. The Bertz CT molecular complexity index is 469. The Kier molecular flexibility index (Phi) is 1.59. The molecule has 2 aromatic rings. The number of nitrogens with zero attached hydrogens (tertiary/aromatic N) is 2. The monoisotopic (exact) mass is 222 g/mol. The lowest BCUT2D eigenvalue weighted by atomic mass is 10.4. The number of furan rings is 1. The third kappa shape index (κ3) is 0.990. The van der Waals surface area contributed by atoms with Crippen LogP contribution in [0.5, 0.6) is 0 Å². The maximum atomic E-state index is 8.54. The Hall–Kier alpha value is -1.34. The van der Waals surface area contributed by atoms with E-state index in [4.69, 9.17) is 9.68 Å². The van der Waals surface area contributed by atoms with Gasteiger partial charge in [-0.05, 0) is 22.0 Å². The largest absolute Gasteiger partial charge is 0.443 e. The molecule has 2 aromatic heterocycles. The van der Waals surface area contributed by atoms with Crippen molar-refractivity contribution in [3.05, 3.63) is 28.6 Å². The number of fused-ring (bicyclic) bond motifs is 1. The van der Waals surface area contributed by atoms with Crippen LogP contribution in [0.3, 0.4) is 0 Å². The van der Waals surface area contributed by atoms with E-state index in [0.29, 0.717) is 11.1 Å². The molecule has 0 unspecified atom stereocenters. The molecule has 0 atom stereocenters. The zero-order chi connectivity index (χ0) is 8.55. The van der Waals surface area contributed by atoms with Crippen molar-refractivity contribution >= 4 is 27.0 Å². The molecule has 4 heteroatoms. The number of halogens is 1. The summed E-state index contributed by atoms with van der Waals surface area (Å²) in [6.45, 7) is 0. The van der Waals surface area contributed by atoms with Crippen molar-refractivity contribution in [3.63, 3.8) is 0 Å². The fourth-order valence-electron chi connectivity index (χ4n) is 0.962. The number of rotatable bonds is 0. The molecule has 0 saturated carbocycles. The van der Waals surface area contributed by atoms with Gasteiger partial charge in [-0.2, -0.15) is 5.26 Å². The van der Waals surface area contributed by atoms with Crippen LogP contribution in [0.1, 0.15) is 5.76 Å². The Balaban J connectivity index is 2.85. The van der Waals surface area contributed by atoms with Crippen molar-refractivity contribution in [1.82, 2.24) is 4.98 Å². The van der Waals surface area contributed by atoms with Gasteiger partial charge in [0.25, 0.3) is 0 Å². The Morgan fingerprint density at radius 2 is 2.42 bits per heavy atom. The molecule has 0 fully saturated rings. The summed E-state index contributed by atoms with van der Waals surface area (Å²) in [4.78, 5) is 4.04. The number of aromatic nitrogens is 1. The van der Waals surface area contributed by atoms with Crippen molar-refractivity contribution < 1.29 is 4.42 Å². The van der Waals surface area contributed by atoms with Crippen LogP contribution < -0.4 is 0 Å². The fraction of sp³-hybridized carbons (Fsp3) is 0. The van der Waals surface area contributed by atoms with Crippen molar-refractivity contribution in [3.8, 4) is 6.07 Å². The van der Waals surface area contributed by atoms with E-state index >= 15 is 0 Å². The summed E-state index contributed by atoms with van der Waals surface area (Å²) in [6, 6.07) is 5.30. The molecule has 2 heterocycles. The number of pyridine rings is 1. The molecular weight excluding hydrogens is 220 g/mol. The second-order valence-electron chi connectivity index (χ2n) is 2.23. The Labute approximate surface area is 76.8 Å². The molecule has 58 valence electrons. The first-order chi connectivity index (χ1) is 5.81. The first-order valence-electron chi connectivity index (χ1n) is 3.25. The summed E-state index contributed by atoms with van der Waals surface area (Å²) in [5.41, 5.74) is 1.31. The maximum Gasteiger partial charge on any atom is 0.206 e. The second kappa shape index (κ2) is 2.61. The second-order valence-corrected chi connectivity index (χ2v) is 3.08. The van der Waals surface area contributed by atoms with E-state index in [1.807, 2.05) is 6.07 Å². The molecule has 0 bridgehead atoms. The Morgan fingerprint density at radius 3 is 3.08 bits per heavy atom. The SMILES string of the molecule is N#Cc1cc2nccc(Br)c2o1. The molecule has 12 heavy (non-hydrogen) atoms. The van der Waals surface area contributed by atoms with E-state index < -0.39 is 0 Å². The molecule has 0 aliphatic heterocycles. The molecule has 0 aliphatic rings. The molecular formula is C8H3BrN2O. The van der Waals surface area contributed by atoms with Crippen LogP contribution in [0.15, 0.2) is 27.2 Å². The molecule has 0 N–H and O–H groups in total. The van der Waals surface area contributed by atoms with E-state index in [2.05, 4.69) is 20.9 Å². The first kappa shape index (κ1) is 7.32. The van der Waals surface area contributed by atoms with Crippen molar-refractivity contribution in [1.29, 1.82) is 5.26 Å². The highest BCUT2D eigenvalue weighted by Crippen LogP contribution is 2.24. The van der Waals surface area contributed by atoms with Crippen molar-refractivity contribution in [2.75, 3.05) is 0 Å². The normalized spacial score (nSPS) is 10.0. The summed E-state index contributed by atoms with van der Waals surface area (Å²) in [5.74, 6) is 0.282. The highest BCUT2D eigenvalue weighted by atomic mass is 79.9. The third-order valence-electron chi connectivity index (χ3n) is 1.47. The van der Waals surface area contributed by atoms with Gasteiger partial charge >= 0.3 is 0 Å². The lowest BCUT2D eigenvalue weighted by Gasteiger charge is -1.88. The fourth-order valence-corrected chi connectivity index (χ4v) is 1.36. The van der Waals surface area contributed by atoms with E-state index in [9.17, 15) is 0 Å². The van der Waals surface area contributed by atoms with Gasteiger partial charge in [-0.25, -0.2) is 0 Å². The lowest BCUT2D eigenvalue weighted by Crippen LogP contribution is -1.70. The smallest absolute Gasteiger partial charge is 0.206 e. The first-order valence-corrected chi connectivity index (χ1v) is 4.05. The average Bonchev–Trinajstić information content (AvgIpc) is 2.49. The highest BCUT2D eigenvalue weighted by Gasteiger charge is 2.05. The molecule has 0 amide bonds. The predicted octanol–water partition coefficient (Wildman–Crippen LogP) is 2.46. The van der Waals surface area contributed by atoms with Gasteiger partial charge in [-0.1, -0.05) is 0 Å². The topological polar surface area (TPSA) is 49.8 Å². The minimum atomic E-state index is 0.282. The minimum absolute atomic E-state index is 0.282. The number of hydrogen-bond donors (Lipinski definition) is 0. The summed E-state index contributed by atoms with van der Waals surface area (Å²) >= 11 is 3.30. The molecule has 0 aromatic carbocycles. The maximum absolute atomic E-state index is 8.54. The average molecular weight is 223 g/mol. The van der Waals surface area contributed by atoms with Crippen LogP contribution in [0.2, 0.25) is 0 Å².